The summed E-state index contributed by atoms with van der Waals surface area (Å²) in [5, 5.41) is 0. The summed E-state index contributed by atoms with van der Waals surface area (Å²) in [5.41, 5.74) is 1.34. The highest BCUT2D eigenvalue weighted by molar-refractivity contribution is 7.45. The lowest BCUT2D eigenvalue weighted by Crippen LogP contribution is -2.47. The van der Waals surface area contributed by atoms with Gasteiger partial charge in [-0.2, -0.15) is 0 Å². The maximum atomic E-state index is 14.3. The van der Waals surface area contributed by atoms with Crippen LogP contribution in [0.4, 0.5) is 18.9 Å². The summed E-state index contributed by atoms with van der Waals surface area (Å²) < 4.78 is 52.1. The summed E-state index contributed by atoms with van der Waals surface area (Å²) in [4.78, 5) is 40.5. The lowest BCUT2D eigenvalue weighted by molar-refractivity contribution is 0.247. The number of hydrogen-bond acceptors (Lipinski definition) is 4. The van der Waals surface area contributed by atoms with Crippen molar-refractivity contribution in [3.8, 4) is 0 Å². The third kappa shape index (κ3) is 6.24. The second-order valence-corrected chi connectivity index (χ2v) is 8.60. The number of benzene rings is 2. The van der Waals surface area contributed by atoms with Crippen LogP contribution in [-0.2, 0) is 11.1 Å². The number of rotatable bonds is 4. The van der Waals surface area contributed by atoms with Crippen LogP contribution in [0.5, 0.6) is 0 Å². The first-order valence-electron chi connectivity index (χ1n) is 10.0. The molecule has 33 heavy (non-hydrogen) atoms. The largest absolute Gasteiger partial charge is 0.466 e. The smallest absolute Gasteiger partial charge is 0.367 e. The van der Waals surface area contributed by atoms with Gasteiger partial charge in [-0.3, -0.25) is 9.47 Å². The molecular weight excluding hydrogens is 464 g/mol. The minimum absolute atomic E-state index is 0.101. The van der Waals surface area contributed by atoms with Gasteiger partial charge in [0.2, 0.25) is 0 Å². The molecule has 180 valence electrons. The SMILES string of the molecule is Cc1c(F)c(F)cc(N2CCN(CCn3c(=O)[nH]c4ccccc43)CC2)c1F.O=P(O)(O)O. The van der Waals surface area contributed by atoms with Crippen molar-refractivity contribution < 1.29 is 32.4 Å². The van der Waals surface area contributed by atoms with Gasteiger partial charge in [-0.05, 0) is 19.1 Å². The normalized spacial score (nSPS) is 14.9. The highest BCUT2D eigenvalue weighted by atomic mass is 31.2. The zero-order valence-electron chi connectivity index (χ0n) is 17.7. The molecule has 1 aromatic heterocycles. The van der Waals surface area contributed by atoms with E-state index in [0.29, 0.717) is 39.3 Å². The van der Waals surface area contributed by atoms with E-state index in [1.54, 1.807) is 9.47 Å². The van der Waals surface area contributed by atoms with Gasteiger partial charge in [-0.1, -0.05) is 12.1 Å². The fourth-order valence-corrected chi connectivity index (χ4v) is 3.73. The summed E-state index contributed by atoms with van der Waals surface area (Å²) in [7, 11) is -4.64. The van der Waals surface area contributed by atoms with Crippen LogP contribution in [0, 0.1) is 24.4 Å². The molecule has 4 N–H and O–H groups in total. The van der Waals surface area contributed by atoms with Crippen molar-refractivity contribution in [1.29, 1.82) is 0 Å². The van der Waals surface area contributed by atoms with E-state index in [4.69, 9.17) is 19.2 Å². The maximum absolute atomic E-state index is 14.3. The third-order valence-electron chi connectivity index (χ3n) is 5.39. The molecule has 1 aliphatic rings. The van der Waals surface area contributed by atoms with E-state index in [-0.39, 0.29) is 16.9 Å². The number of anilines is 1. The van der Waals surface area contributed by atoms with Crippen molar-refractivity contribution in [3.63, 3.8) is 0 Å². The number of nitrogens with zero attached hydrogens (tertiary/aromatic N) is 3. The van der Waals surface area contributed by atoms with Gasteiger partial charge < -0.3 is 24.6 Å². The Hall–Kier alpha value is -2.63. The van der Waals surface area contributed by atoms with Crippen LogP contribution < -0.4 is 10.6 Å². The molecule has 0 saturated carbocycles. The molecule has 0 spiro atoms. The van der Waals surface area contributed by atoms with Gasteiger partial charge in [0.25, 0.3) is 0 Å². The van der Waals surface area contributed by atoms with Crippen LogP contribution in [0.2, 0.25) is 0 Å². The average Bonchev–Trinajstić information content (AvgIpc) is 3.07. The lowest BCUT2D eigenvalue weighted by atomic mass is 10.1. The van der Waals surface area contributed by atoms with Gasteiger partial charge in [0.15, 0.2) is 17.5 Å². The first kappa shape index (κ1) is 25.0. The lowest BCUT2D eigenvalue weighted by Gasteiger charge is -2.36. The molecule has 1 fully saturated rings. The van der Waals surface area contributed by atoms with E-state index < -0.39 is 25.3 Å². The van der Waals surface area contributed by atoms with Crippen LogP contribution in [-0.4, -0.2) is 61.9 Å². The van der Waals surface area contributed by atoms with Crippen LogP contribution in [0.1, 0.15) is 5.56 Å². The third-order valence-corrected chi connectivity index (χ3v) is 5.39. The molecule has 0 unspecified atom stereocenters. The van der Waals surface area contributed by atoms with Crippen LogP contribution >= 0.6 is 7.82 Å². The van der Waals surface area contributed by atoms with Crippen molar-refractivity contribution in [1.82, 2.24) is 14.5 Å². The Labute approximate surface area is 186 Å². The van der Waals surface area contributed by atoms with Gasteiger partial charge >= 0.3 is 13.5 Å². The standard InChI is InChI=1S/C20H21F3N4O.H3O4P/c1-13-18(22)14(21)12-17(19(13)23)26-9-6-25(7-10-26)8-11-27-16-5-3-2-4-15(16)24-20(27)28;1-5(2,3)4/h2-5,12H,6-11H2,1H3,(H,24,28);(H3,1,2,3,4). The highest BCUT2D eigenvalue weighted by Crippen LogP contribution is 2.27. The molecule has 0 aliphatic carbocycles. The van der Waals surface area contributed by atoms with Crippen LogP contribution in [0.3, 0.4) is 0 Å². The number of nitrogens with one attached hydrogen (secondary N) is 1. The quantitative estimate of drug-likeness (QED) is 0.327. The molecule has 0 atom stereocenters. The zero-order chi connectivity index (χ0) is 24.3. The highest BCUT2D eigenvalue weighted by Gasteiger charge is 2.23. The number of aromatic nitrogens is 2. The first-order valence-corrected chi connectivity index (χ1v) is 11.6. The number of H-pyrrole nitrogens is 1. The molecule has 3 aromatic rings. The fourth-order valence-electron chi connectivity index (χ4n) is 3.73. The van der Waals surface area contributed by atoms with Gasteiger partial charge in [-0.25, -0.2) is 22.5 Å². The number of fused-ring (bicyclic) bond motifs is 1. The minimum atomic E-state index is -4.64. The molecule has 0 amide bonds. The topological polar surface area (TPSA) is 122 Å². The Morgan fingerprint density at radius 2 is 1.61 bits per heavy atom. The van der Waals surface area contributed by atoms with E-state index >= 15 is 0 Å². The van der Waals surface area contributed by atoms with E-state index in [2.05, 4.69) is 9.88 Å². The first-order chi connectivity index (χ1) is 15.5. The molecule has 0 bridgehead atoms. The Balaban J connectivity index is 0.000000555. The second-order valence-electron chi connectivity index (χ2n) is 7.57. The van der Waals surface area contributed by atoms with Crippen molar-refractivity contribution in [2.45, 2.75) is 13.5 Å². The Kier molecular flexibility index (Phi) is 7.65. The van der Waals surface area contributed by atoms with E-state index in [9.17, 15) is 18.0 Å². The summed E-state index contributed by atoms with van der Waals surface area (Å²) >= 11 is 0. The monoisotopic (exact) mass is 488 g/mol. The number of para-hydroxylation sites is 2. The average molecular weight is 488 g/mol. The second kappa shape index (κ2) is 10.1. The molecule has 0 radical (unpaired) electrons. The molecule has 2 heterocycles. The fraction of sp³-hybridized carbons (Fsp3) is 0.350. The van der Waals surface area contributed by atoms with E-state index in [0.717, 1.165) is 17.1 Å². The number of phosphoric acid groups is 1. The van der Waals surface area contributed by atoms with Gasteiger partial charge in [0.05, 0.1) is 16.7 Å². The van der Waals surface area contributed by atoms with Crippen LogP contribution in [0.15, 0.2) is 35.1 Å². The van der Waals surface area contributed by atoms with Crippen molar-refractivity contribution in [3.05, 3.63) is 63.8 Å². The zero-order valence-corrected chi connectivity index (χ0v) is 18.6. The van der Waals surface area contributed by atoms with Crippen molar-refractivity contribution in [2.24, 2.45) is 0 Å². The molecular formula is C20H24F3N4O5P. The minimum Gasteiger partial charge on any atom is -0.367 e. The summed E-state index contributed by atoms with van der Waals surface area (Å²) in [6.45, 7) is 4.76. The number of imidazole rings is 1. The summed E-state index contributed by atoms with van der Waals surface area (Å²) in [6, 6.07) is 8.47. The summed E-state index contributed by atoms with van der Waals surface area (Å²) in [5.74, 6) is -2.88. The Morgan fingerprint density at radius 3 is 2.24 bits per heavy atom. The predicted octanol–water partition coefficient (Wildman–Crippen LogP) is 1.95. The molecule has 1 saturated heterocycles. The van der Waals surface area contributed by atoms with E-state index in [1.807, 2.05) is 24.3 Å². The van der Waals surface area contributed by atoms with Crippen molar-refractivity contribution >= 4 is 24.5 Å². The van der Waals surface area contributed by atoms with E-state index in [1.165, 1.54) is 6.92 Å². The number of aromatic amines is 1. The molecule has 9 nitrogen and oxygen atoms in total. The number of hydrogen-bond donors (Lipinski definition) is 4. The molecule has 4 rings (SSSR count). The summed E-state index contributed by atoms with van der Waals surface area (Å²) in [6.07, 6.45) is 0. The van der Waals surface area contributed by atoms with Crippen molar-refractivity contribution in [2.75, 3.05) is 37.6 Å². The maximum Gasteiger partial charge on any atom is 0.466 e. The number of halogens is 3. The van der Waals surface area contributed by atoms with Gasteiger partial charge in [0, 0.05) is 50.9 Å². The Morgan fingerprint density at radius 1 is 1.00 bits per heavy atom. The molecule has 1 aliphatic heterocycles. The van der Waals surface area contributed by atoms with Gasteiger partial charge in [0.1, 0.15) is 0 Å². The number of piperazine rings is 1. The predicted molar refractivity (Wildman–Crippen MR) is 117 cm³/mol. The molecule has 2 aromatic carbocycles. The van der Waals surface area contributed by atoms with Gasteiger partial charge in [-0.15, -0.1) is 0 Å². The molecule has 13 heteroatoms. The Bertz CT molecular complexity index is 1230. The van der Waals surface area contributed by atoms with Crippen LogP contribution in [0.25, 0.3) is 11.0 Å².